The molecule has 2 atom stereocenters. The van der Waals surface area contributed by atoms with Crippen molar-refractivity contribution < 1.29 is 14.7 Å². The van der Waals surface area contributed by atoms with Crippen LogP contribution in [0.25, 0.3) is 0 Å². The Labute approximate surface area is 93.3 Å². The van der Waals surface area contributed by atoms with Crippen molar-refractivity contribution in [2.45, 2.75) is 19.4 Å². The van der Waals surface area contributed by atoms with Gasteiger partial charge in [0.1, 0.15) is 0 Å². The Hall–Kier alpha value is -1.84. The predicted octanol–water partition coefficient (Wildman–Crippen LogP) is 1.77. The first kappa shape index (κ1) is 10.7. The number of ketones is 1. The molecular weight excluding hydrogens is 206 g/mol. The van der Waals surface area contributed by atoms with Gasteiger partial charge in [-0.25, -0.2) is 0 Å². The Kier molecular flexibility index (Phi) is 2.64. The van der Waals surface area contributed by atoms with Gasteiger partial charge in [-0.05, 0) is 37.6 Å². The van der Waals surface area contributed by atoms with Gasteiger partial charge in [0.2, 0.25) is 0 Å². The zero-order chi connectivity index (χ0) is 11.7. The molecule has 4 heteroatoms. The van der Waals surface area contributed by atoms with Gasteiger partial charge in [0.15, 0.2) is 5.78 Å². The zero-order valence-electron chi connectivity index (χ0n) is 8.93. The van der Waals surface area contributed by atoms with Gasteiger partial charge < -0.3 is 10.4 Å². The van der Waals surface area contributed by atoms with E-state index in [-0.39, 0.29) is 17.7 Å². The molecule has 0 amide bonds. The van der Waals surface area contributed by atoms with Crippen LogP contribution >= 0.6 is 0 Å². The summed E-state index contributed by atoms with van der Waals surface area (Å²) in [5.74, 6) is -0.994. The highest BCUT2D eigenvalue weighted by Gasteiger charge is 2.43. The number of nitrogens with one attached hydrogen (secondary N) is 1. The van der Waals surface area contributed by atoms with Crippen LogP contribution in [0.4, 0.5) is 5.69 Å². The van der Waals surface area contributed by atoms with Crippen molar-refractivity contribution in [3.05, 3.63) is 29.8 Å². The van der Waals surface area contributed by atoms with E-state index in [1.165, 1.54) is 6.92 Å². The van der Waals surface area contributed by atoms with E-state index in [2.05, 4.69) is 5.32 Å². The smallest absolute Gasteiger partial charge is 0.308 e. The minimum Gasteiger partial charge on any atom is -0.481 e. The number of carboxylic acid groups (broad SMARTS) is 1. The molecule has 2 unspecified atom stereocenters. The summed E-state index contributed by atoms with van der Waals surface area (Å²) in [6, 6.07) is 7.11. The second-order valence-corrected chi connectivity index (χ2v) is 4.06. The number of aliphatic carboxylic acids is 1. The van der Waals surface area contributed by atoms with Crippen LogP contribution in [-0.2, 0) is 4.79 Å². The molecule has 0 bridgehead atoms. The normalized spacial score (nSPS) is 22.6. The molecule has 1 saturated carbocycles. The molecule has 0 radical (unpaired) electrons. The Morgan fingerprint density at radius 2 is 1.94 bits per heavy atom. The lowest BCUT2D eigenvalue weighted by Gasteiger charge is -2.05. The van der Waals surface area contributed by atoms with E-state index >= 15 is 0 Å². The number of Topliss-reactive ketones (excluding diaryl/α,β-unsaturated/α-hetero) is 1. The molecule has 4 nitrogen and oxygen atoms in total. The van der Waals surface area contributed by atoms with Crippen LogP contribution in [-0.4, -0.2) is 22.9 Å². The fraction of sp³-hybridized carbons (Fsp3) is 0.333. The lowest BCUT2D eigenvalue weighted by atomic mass is 10.1. The topological polar surface area (TPSA) is 66.4 Å². The highest BCUT2D eigenvalue weighted by atomic mass is 16.4. The van der Waals surface area contributed by atoms with Crippen molar-refractivity contribution in [1.82, 2.24) is 0 Å². The summed E-state index contributed by atoms with van der Waals surface area (Å²) in [6.45, 7) is 1.52. The van der Waals surface area contributed by atoms with E-state index in [0.29, 0.717) is 12.0 Å². The summed E-state index contributed by atoms with van der Waals surface area (Å²) in [4.78, 5) is 21.7. The van der Waals surface area contributed by atoms with Gasteiger partial charge in [0.05, 0.1) is 5.92 Å². The number of carbonyl (C=O) groups excluding carboxylic acids is 1. The summed E-state index contributed by atoms with van der Waals surface area (Å²) in [5, 5.41) is 11.9. The molecule has 1 aromatic rings. The molecule has 84 valence electrons. The average molecular weight is 219 g/mol. The summed E-state index contributed by atoms with van der Waals surface area (Å²) in [7, 11) is 0. The third-order valence-corrected chi connectivity index (χ3v) is 2.75. The standard InChI is InChI=1S/C12H13NO3/c1-7(14)8-2-4-9(5-3-8)13-11-6-10(11)12(15)16/h2-5,10-11,13H,6H2,1H3,(H,15,16). The van der Waals surface area contributed by atoms with Gasteiger partial charge in [0, 0.05) is 17.3 Å². The quantitative estimate of drug-likeness (QED) is 0.757. The number of anilines is 1. The maximum atomic E-state index is 11.0. The molecule has 1 aliphatic carbocycles. The summed E-state index contributed by atoms with van der Waals surface area (Å²) >= 11 is 0. The Morgan fingerprint density at radius 3 is 2.38 bits per heavy atom. The minimum absolute atomic E-state index is 0.0284. The van der Waals surface area contributed by atoms with Crippen LogP contribution in [0, 0.1) is 5.92 Å². The summed E-state index contributed by atoms with van der Waals surface area (Å²) in [6.07, 6.45) is 0.670. The van der Waals surface area contributed by atoms with E-state index in [9.17, 15) is 9.59 Å². The Morgan fingerprint density at radius 1 is 1.31 bits per heavy atom. The van der Waals surface area contributed by atoms with E-state index in [1.54, 1.807) is 24.3 Å². The molecule has 1 aromatic carbocycles. The van der Waals surface area contributed by atoms with Crippen LogP contribution in [0.2, 0.25) is 0 Å². The van der Waals surface area contributed by atoms with Crippen molar-refractivity contribution in [1.29, 1.82) is 0 Å². The number of carboxylic acids is 1. The SMILES string of the molecule is CC(=O)c1ccc(NC2CC2C(=O)O)cc1. The largest absolute Gasteiger partial charge is 0.481 e. The first-order valence-electron chi connectivity index (χ1n) is 5.18. The molecule has 0 aromatic heterocycles. The lowest BCUT2D eigenvalue weighted by Crippen LogP contribution is -2.10. The van der Waals surface area contributed by atoms with Crippen molar-refractivity contribution in [3.8, 4) is 0 Å². The lowest BCUT2D eigenvalue weighted by molar-refractivity contribution is -0.138. The fourth-order valence-corrected chi connectivity index (χ4v) is 1.64. The second-order valence-electron chi connectivity index (χ2n) is 4.06. The van der Waals surface area contributed by atoms with Crippen LogP contribution in [0.1, 0.15) is 23.7 Å². The Bertz CT molecular complexity index is 424. The van der Waals surface area contributed by atoms with Gasteiger partial charge in [-0.1, -0.05) is 0 Å². The molecule has 1 aliphatic rings. The van der Waals surface area contributed by atoms with E-state index in [0.717, 1.165) is 5.69 Å². The highest BCUT2D eigenvalue weighted by molar-refractivity contribution is 5.94. The summed E-state index contributed by atoms with van der Waals surface area (Å²) < 4.78 is 0. The van der Waals surface area contributed by atoms with Crippen LogP contribution in [0.5, 0.6) is 0 Å². The third-order valence-electron chi connectivity index (χ3n) is 2.75. The maximum absolute atomic E-state index is 11.0. The van der Waals surface area contributed by atoms with Crippen LogP contribution in [0.15, 0.2) is 24.3 Å². The Balaban J connectivity index is 1.97. The van der Waals surface area contributed by atoms with E-state index in [4.69, 9.17) is 5.11 Å². The van der Waals surface area contributed by atoms with Gasteiger partial charge in [-0.2, -0.15) is 0 Å². The number of rotatable bonds is 4. The third kappa shape index (κ3) is 2.21. The zero-order valence-corrected chi connectivity index (χ0v) is 8.93. The van der Waals surface area contributed by atoms with Gasteiger partial charge in [-0.15, -0.1) is 0 Å². The highest BCUT2D eigenvalue weighted by Crippen LogP contribution is 2.33. The van der Waals surface area contributed by atoms with Crippen molar-refractivity contribution in [2.24, 2.45) is 5.92 Å². The minimum atomic E-state index is -0.752. The second kappa shape index (κ2) is 3.96. The van der Waals surface area contributed by atoms with Crippen molar-refractivity contribution in [3.63, 3.8) is 0 Å². The molecule has 0 heterocycles. The molecule has 1 fully saturated rings. The molecule has 16 heavy (non-hydrogen) atoms. The van der Waals surface area contributed by atoms with Gasteiger partial charge in [-0.3, -0.25) is 9.59 Å². The van der Waals surface area contributed by atoms with E-state index < -0.39 is 5.97 Å². The fourth-order valence-electron chi connectivity index (χ4n) is 1.64. The first-order chi connectivity index (χ1) is 7.58. The number of hydrogen-bond donors (Lipinski definition) is 2. The van der Waals surface area contributed by atoms with Crippen LogP contribution < -0.4 is 5.32 Å². The number of carbonyl (C=O) groups is 2. The van der Waals surface area contributed by atoms with Crippen molar-refractivity contribution >= 4 is 17.4 Å². The molecule has 0 saturated heterocycles. The first-order valence-corrected chi connectivity index (χ1v) is 5.18. The maximum Gasteiger partial charge on any atom is 0.308 e. The predicted molar refractivity (Wildman–Crippen MR) is 59.6 cm³/mol. The number of benzene rings is 1. The van der Waals surface area contributed by atoms with Crippen LogP contribution in [0.3, 0.4) is 0 Å². The van der Waals surface area contributed by atoms with Gasteiger partial charge in [0.25, 0.3) is 0 Å². The summed E-state index contributed by atoms with van der Waals surface area (Å²) in [5.41, 5.74) is 1.52. The molecule has 0 aliphatic heterocycles. The van der Waals surface area contributed by atoms with Crippen molar-refractivity contribution in [2.75, 3.05) is 5.32 Å². The number of hydrogen-bond acceptors (Lipinski definition) is 3. The van der Waals surface area contributed by atoms with Gasteiger partial charge >= 0.3 is 5.97 Å². The molecular formula is C12H13NO3. The molecule has 0 spiro atoms. The average Bonchev–Trinajstić information content (AvgIpc) is 2.98. The van der Waals surface area contributed by atoms with E-state index in [1.807, 2.05) is 0 Å². The molecule has 2 rings (SSSR count). The monoisotopic (exact) mass is 219 g/mol. The molecule has 2 N–H and O–H groups in total.